The van der Waals surface area contributed by atoms with E-state index in [-0.39, 0.29) is 36.1 Å². The summed E-state index contributed by atoms with van der Waals surface area (Å²) in [6.07, 6.45) is 2.40. The molecule has 0 amide bonds. The molecule has 2 aromatic heterocycles. The lowest BCUT2D eigenvalue weighted by Gasteiger charge is -2.31. The van der Waals surface area contributed by atoms with Gasteiger partial charge >= 0.3 is 0 Å². The van der Waals surface area contributed by atoms with Crippen molar-refractivity contribution in [3.8, 4) is 5.82 Å². The summed E-state index contributed by atoms with van der Waals surface area (Å²) in [6, 6.07) is 8.68. The van der Waals surface area contributed by atoms with Crippen LogP contribution in [0.1, 0.15) is 50.8 Å². The average molecular weight is 641 g/mol. The van der Waals surface area contributed by atoms with Gasteiger partial charge in [0.25, 0.3) is 6.43 Å². The smallest absolute Gasteiger partial charge is 0.296 e. The first-order valence-corrected chi connectivity index (χ1v) is 16.5. The number of ether oxygens (including phenoxy) is 1. The lowest BCUT2D eigenvalue weighted by Crippen LogP contribution is -2.42. The molecule has 1 aromatic carbocycles. The van der Waals surface area contributed by atoms with Gasteiger partial charge in [-0.1, -0.05) is 12.1 Å². The number of benzene rings is 1. The molecule has 3 fully saturated rings. The Morgan fingerprint density at radius 1 is 0.953 bits per heavy atom. The van der Waals surface area contributed by atoms with Crippen LogP contribution in [0.4, 0.5) is 20.5 Å². The van der Waals surface area contributed by atoms with E-state index in [0.29, 0.717) is 74.3 Å². The average Bonchev–Trinajstić information content (AvgIpc) is 3.66. The van der Waals surface area contributed by atoms with Crippen molar-refractivity contribution in [2.24, 2.45) is 0 Å². The summed E-state index contributed by atoms with van der Waals surface area (Å²) in [7, 11) is -3.34. The van der Waals surface area contributed by atoms with Crippen LogP contribution < -0.4 is 14.9 Å². The zero-order valence-corrected chi connectivity index (χ0v) is 25.6. The van der Waals surface area contributed by atoms with Crippen LogP contribution in [-0.4, -0.2) is 96.6 Å². The van der Waals surface area contributed by atoms with Gasteiger partial charge in [-0.3, -0.25) is 4.57 Å². The van der Waals surface area contributed by atoms with Crippen molar-refractivity contribution in [3.63, 3.8) is 0 Å². The van der Waals surface area contributed by atoms with E-state index in [2.05, 4.69) is 19.9 Å². The third-order valence-electron chi connectivity index (χ3n) is 8.31. The van der Waals surface area contributed by atoms with E-state index in [1.165, 1.54) is 4.57 Å². The van der Waals surface area contributed by atoms with Crippen molar-refractivity contribution in [2.75, 3.05) is 61.9 Å². The zero-order chi connectivity index (χ0) is 29.1. The molecule has 43 heavy (non-hydrogen) atoms. The van der Waals surface area contributed by atoms with Crippen molar-refractivity contribution in [3.05, 3.63) is 36.2 Å². The lowest BCUT2D eigenvalue weighted by molar-refractivity contribution is 0.122. The van der Waals surface area contributed by atoms with Crippen molar-refractivity contribution in [1.29, 1.82) is 0 Å². The number of hydrogen-bond donors (Lipinski definition) is 2. The van der Waals surface area contributed by atoms with Gasteiger partial charge in [0, 0.05) is 37.8 Å². The molecular formula is C28H39ClF2N8O3S. The van der Waals surface area contributed by atoms with Crippen molar-refractivity contribution in [2.45, 2.75) is 57.0 Å². The summed E-state index contributed by atoms with van der Waals surface area (Å²) in [5.74, 6) is 1.05. The summed E-state index contributed by atoms with van der Waals surface area (Å²) in [4.78, 5) is 17.9. The number of anilines is 2. The van der Waals surface area contributed by atoms with Crippen LogP contribution in [0.3, 0.4) is 0 Å². The van der Waals surface area contributed by atoms with Gasteiger partial charge in [-0.05, 0) is 63.7 Å². The molecule has 4 heterocycles. The fourth-order valence-corrected chi connectivity index (χ4v) is 7.44. The summed E-state index contributed by atoms with van der Waals surface area (Å²) < 4.78 is 63.5. The lowest BCUT2D eigenvalue weighted by atomic mass is 9.92. The Morgan fingerprint density at radius 2 is 1.65 bits per heavy atom. The third-order valence-corrected chi connectivity index (χ3v) is 9.72. The number of halogens is 3. The third kappa shape index (κ3) is 7.72. The Bertz CT molecular complexity index is 1470. The van der Waals surface area contributed by atoms with Crippen LogP contribution in [0.2, 0.25) is 0 Å². The number of aromatic nitrogens is 4. The number of nitrogens with one attached hydrogen (secondary N) is 2. The molecule has 2 aliphatic heterocycles. The minimum absolute atomic E-state index is 0. The maximum absolute atomic E-state index is 14.1. The SMILES string of the molecule is Cl.O=S(=O)(CCN1CCCC1)NC1CCC(Nc2cc(-n3c(C(F)F)nc4ccccc43)nc(N3CCOCC3)n2)CC1. The van der Waals surface area contributed by atoms with Gasteiger partial charge in [0.15, 0.2) is 5.82 Å². The van der Waals surface area contributed by atoms with E-state index in [4.69, 9.17) is 14.7 Å². The van der Waals surface area contributed by atoms with Gasteiger partial charge in [0.1, 0.15) is 11.6 Å². The Labute approximate surface area is 256 Å². The molecule has 1 aliphatic carbocycles. The van der Waals surface area contributed by atoms with Crippen LogP contribution in [0.5, 0.6) is 0 Å². The Morgan fingerprint density at radius 3 is 2.37 bits per heavy atom. The Kier molecular flexibility index (Phi) is 10.3. The molecule has 0 bridgehead atoms. The van der Waals surface area contributed by atoms with Gasteiger partial charge in [-0.2, -0.15) is 9.97 Å². The van der Waals surface area contributed by atoms with Crippen LogP contribution >= 0.6 is 12.4 Å². The Balaban J connectivity index is 0.00000368. The molecule has 0 spiro atoms. The van der Waals surface area contributed by atoms with Gasteiger partial charge in [-0.25, -0.2) is 26.9 Å². The summed E-state index contributed by atoms with van der Waals surface area (Å²) in [5.41, 5.74) is 1.01. The summed E-state index contributed by atoms with van der Waals surface area (Å²) in [5, 5.41) is 3.49. The minimum Gasteiger partial charge on any atom is -0.378 e. The molecule has 6 rings (SSSR count). The largest absolute Gasteiger partial charge is 0.378 e. The number of fused-ring (bicyclic) bond motifs is 1. The number of alkyl halides is 2. The van der Waals surface area contributed by atoms with E-state index in [1.807, 2.05) is 4.90 Å². The van der Waals surface area contributed by atoms with Crippen LogP contribution in [-0.2, 0) is 14.8 Å². The van der Waals surface area contributed by atoms with Crippen LogP contribution in [0.15, 0.2) is 30.3 Å². The molecule has 15 heteroatoms. The molecule has 1 saturated carbocycles. The molecule has 0 radical (unpaired) electrons. The molecule has 236 valence electrons. The predicted octanol–water partition coefficient (Wildman–Crippen LogP) is 3.75. The number of morpholine rings is 1. The van der Waals surface area contributed by atoms with Gasteiger partial charge < -0.3 is 19.9 Å². The highest BCUT2D eigenvalue weighted by molar-refractivity contribution is 7.89. The first kappa shape index (κ1) is 31.8. The molecule has 3 aromatic rings. The normalized spacial score (nSPS) is 21.8. The minimum atomic E-state index is -3.34. The van der Waals surface area contributed by atoms with E-state index in [9.17, 15) is 17.2 Å². The molecule has 2 saturated heterocycles. The van der Waals surface area contributed by atoms with Crippen LogP contribution in [0.25, 0.3) is 16.9 Å². The van der Waals surface area contributed by atoms with Gasteiger partial charge in [0.05, 0.1) is 30.0 Å². The van der Waals surface area contributed by atoms with Gasteiger partial charge in [-0.15, -0.1) is 12.4 Å². The second-order valence-corrected chi connectivity index (χ2v) is 13.2. The molecule has 3 aliphatic rings. The topological polar surface area (TPSA) is 118 Å². The number of sulfonamides is 1. The van der Waals surface area contributed by atoms with Gasteiger partial charge in [0.2, 0.25) is 16.0 Å². The first-order valence-electron chi connectivity index (χ1n) is 14.8. The zero-order valence-electron chi connectivity index (χ0n) is 24.0. The highest BCUT2D eigenvalue weighted by Gasteiger charge is 2.27. The van der Waals surface area contributed by atoms with Crippen LogP contribution in [0, 0.1) is 0 Å². The van der Waals surface area contributed by atoms with E-state index in [1.54, 1.807) is 30.3 Å². The number of imidazole rings is 1. The van der Waals surface area contributed by atoms with E-state index in [0.717, 1.165) is 38.8 Å². The number of rotatable bonds is 10. The number of para-hydroxylation sites is 2. The van der Waals surface area contributed by atoms with Crippen molar-refractivity contribution in [1.82, 2.24) is 29.1 Å². The number of likely N-dealkylation sites (tertiary alicyclic amines) is 1. The highest BCUT2D eigenvalue weighted by atomic mass is 35.5. The quantitative estimate of drug-likeness (QED) is 0.342. The van der Waals surface area contributed by atoms with Crippen molar-refractivity contribution >= 4 is 45.2 Å². The number of nitrogens with zero attached hydrogens (tertiary/aromatic N) is 6. The monoisotopic (exact) mass is 640 g/mol. The molecular weight excluding hydrogens is 602 g/mol. The first-order chi connectivity index (χ1) is 20.3. The summed E-state index contributed by atoms with van der Waals surface area (Å²) >= 11 is 0. The van der Waals surface area contributed by atoms with Crippen molar-refractivity contribution < 1.29 is 21.9 Å². The molecule has 11 nitrogen and oxygen atoms in total. The standard InChI is InChI=1S/C28H38F2N8O3S.ClH/c29-26(30)27-32-22-5-1-2-6-23(22)38(27)25-19-24(33-28(34-25)37-13-16-41-17-14-37)31-20-7-9-21(10-8-20)35-42(39,40)18-15-36-11-3-4-12-36;/h1-2,5-6,19-21,26,35H,3-4,7-18H2,(H,31,33,34);1H. The summed E-state index contributed by atoms with van der Waals surface area (Å²) in [6.45, 7) is 4.79. The maximum Gasteiger partial charge on any atom is 0.296 e. The highest BCUT2D eigenvalue weighted by Crippen LogP contribution is 2.30. The Hall–Kier alpha value is -2.65. The number of hydrogen-bond acceptors (Lipinski definition) is 9. The van der Waals surface area contributed by atoms with E-state index >= 15 is 0 Å². The predicted molar refractivity (Wildman–Crippen MR) is 164 cm³/mol. The van der Waals surface area contributed by atoms with E-state index < -0.39 is 16.4 Å². The fourth-order valence-electron chi connectivity index (χ4n) is 6.08. The molecule has 0 atom stereocenters. The fraction of sp³-hybridized carbons (Fsp3) is 0.607. The second-order valence-electron chi connectivity index (χ2n) is 11.3. The molecule has 2 N–H and O–H groups in total. The second kappa shape index (κ2) is 14.0. The molecule has 0 unspecified atom stereocenters. The maximum atomic E-state index is 14.1.